The zero-order valence-electron chi connectivity index (χ0n) is 20.4. The Bertz CT molecular complexity index is 1160. The fraction of sp³-hybridized carbons (Fsp3) is 0.455. The Hall–Kier alpha value is -3.49. The molecule has 0 saturated carbocycles. The molecule has 2 aromatic rings. The average molecular weight is 523 g/mol. The molecule has 1 aromatic carbocycles. The van der Waals surface area contributed by atoms with E-state index in [0.29, 0.717) is 24.5 Å². The third-order valence-electron chi connectivity index (χ3n) is 5.47. The Kier molecular flexibility index (Phi) is 9.01. The molecule has 1 fully saturated rings. The largest absolute Gasteiger partial charge is 0.494 e. The molecule has 3 atom stereocenters. The molecule has 36 heavy (non-hydrogen) atoms. The normalized spacial score (nSPS) is 17.7. The van der Waals surface area contributed by atoms with Crippen LogP contribution in [0, 0.1) is 12.8 Å². The second-order valence-corrected chi connectivity index (χ2v) is 10.0. The number of guanidine groups is 1. The number of aryl methyl sites for hydroxylation is 1. The van der Waals surface area contributed by atoms with Gasteiger partial charge in [0.15, 0.2) is 5.82 Å². The summed E-state index contributed by atoms with van der Waals surface area (Å²) < 4.78 is 46.0. The quantitative estimate of drug-likeness (QED) is 0.218. The van der Waals surface area contributed by atoms with Crippen LogP contribution in [-0.4, -0.2) is 68.0 Å². The summed E-state index contributed by atoms with van der Waals surface area (Å²) in [5.74, 6) is -0.539. The molecular weight excluding hydrogens is 492 g/mol. The predicted molar refractivity (Wildman–Crippen MR) is 131 cm³/mol. The predicted octanol–water partition coefficient (Wildman–Crippen LogP) is 0.679. The van der Waals surface area contributed by atoms with Gasteiger partial charge in [-0.3, -0.25) is 15.6 Å². The van der Waals surface area contributed by atoms with Gasteiger partial charge in [-0.1, -0.05) is 6.07 Å². The smallest absolute Gasteiger partial charge is 0.262 e. The van der Waals surface area contributed by atoms with Crippen molar-refractivity contribution in [3.63, 3.8) is 0 Å². The molecule has 0 radical (unpaired) electrons. The van der Waals surface area contributed by atoms with Crippen LogP contribution >= 0.6 is 0 Å². The number of aromatic nitrogens is 2. The summed E-state index contributed by atoms with van der Waals surface area (Å²) in [6.45, 7) is 3.76. The van der Waals surface area contributed by atoms with Crippen molar-refractivity contribution in [2.45, 2.75) is 31.6 Å². The Morgan fingerprint density at radius 2 is 1.83 bits per heavy atom. The average Bonchev–Trinajstić information content (AvgIpc) is 3.42. The molecule has 2 heterocycles. The molecule has 1 amide bonds. The lowest BCUT2D eigenvalue weighted by Gasteiger charge is -2.20. The minimum atomic E-state index is -4.37. The van der Waals surface area contributed by atoms with Crippen LogP contribution in [0.2, 0.25) is 0 Å². The number of para-hydroxylation sites is 1. The van der Waals surface area contributed by atoms with E-state index >= 15 is 0 Å². The monoisotopic (exact) mass is 522 g/mol. The summed E-state index contributed by atoms with van der Waals surface area (Å²) in [6, 6.07) is 4.95. The van der Waals surface area contributed by atoms with E-state index in [0.717, 1.165) is 5.56 Å². The number of hydrogen-bond acceptors (Lipinski definition) is 9. The van der Waals surface area contributed by atoms with Crippen LogP contribution in [0.1, 0.15) is 30.8 Å². The number of methoxy groups -OCH3 is 2. The van der Waals surface area contributed by atoms with Crippen LogP contribution in [0.4, 0.5) is 5.69 Å². The highest BCUT2D eigenvalue weighted by molar-refractivity contribution is 7.90. The maximum Gasteiger partial charge on any atom is 0.262 e. The highest BCUT2D eigenvalue weighted by Gasteiger charge is 2.32. The molecule has 0 unspecified atom stereocenters. The van der Waals surface area contributed by atoms with Gasteiger partial charge in [0.2, 0.25) is 11.9 Å². The maximum atomic E-state index is 13.1. The SMILES string of the molecule is COc1cccc(OC)c1NC(=NS(=O)(=O)[C@@H](C)[C@H](O)c1ncc(C)cn1)NNC(=O)[C@H]1CCOC1. The number of sulfonamides is 1. The van der Waals surface area contributed by atoms with Crippen molar-refractivity contribution in [3.05, 3.63) is 42.0 Å². The van der Waals surface area contributed by atoms with E-state index in [1.807, 2.05) is 0 Å². The second kappa shape index (κ2) is 12.0. The number of amides is 1. The number of aliphatic hydroxyl groups excluding tert-OH is 1. The number of nitrogens with zero attached hydrogens (tertiary/aromatic N) is 3. The first-order valence-corrected chi connectivity index (χ1v) is 12.6. The molecule has 14 heteroatoms. The third kappa shape index (κ3) is 6.59. The van der Waals surface area contributed by atoms with Crippen LogP contribution in [0.3, 0.4) is 0 Å². The van der Waals surface area contributed by atoms with E-state index in [4.69, 9.17) is 14.2 Å². The van der Waals surface area contributed by atoms with Gasteiger partial charge in [-0.2, -0.15) is 0 Å². The van der Waals surface area contributed by atoms with Gasteiger partial charge in [0.05, 0.1) is 26.7 Å². The number of rotatable bonds is 8. The summed E-state index contributed by atoms with van der Waals surface area (Å²) in [5, 5.41) is 12.0. The fourth-order valence-corrected chi connectivity index (χ4v) is 4.23. The Labute approximate surface area is 209 Å². The van der Waals surface area contributed by atoms with Gasteiger partial charge >= 0.3 is 0 Å². The van der Waals surface area contributed by atoms with Gasteiger partial charge in [-0.05, 0) is 38.0 Å². The van der Waals surface area contributed by atoms with Gasteiger partial charge in [0.25, 0.3) is 10.0 Å². The maximum absolute atomic E-state index is 13.1. The number of anilines is 1. The first-order valence-electron chi connectivity index (χ1n) is 11.1. The van der Waals surface area contributed by atoms with Crippen molar-refractivity contribution in [1.29, 1.82) is 0 Å². The first-order chi connectivity index (χ1) is 17.2. The standard InChI is InChI=1S/C22H30N6O7S/c1-13-10-23-20(24-11-13)19(29)14(2)36(31,32)28-22(27-26-21(30)15-8-9-35-12-15)25-18-16(33-3)6-5-7-17(18)34-4/h5-7,10-11,14-15,19,29H,8-9,12H2,1-4H3,(H,26,30)(H2,25,27,28)/t14-,15-,19-/m0/s1. The number of hydrazine groups is 1. The van der Waals surface area contributed by atoms with Crippen LogP contribution in [0.15, 0.2) is 35.0 Å². The van der Waals surface area contributed by atoms with Gasteiger partial charge < -0.3 is 24.6 Å². The highest BCUT2D eigenvalue weighted by atomic mass is 32.2. The fourth-order valence-electron chi connectivity index (χ4n) is 3.27. The zero-order chi connectivity index (χ0) is 26.3. The number of carbonyl (C=O) groups excluding carboxylic acids is 1. The topological polar surface area (TPSA) is 173 Å². The molecule has 13 nitrogen and oxygen atoms in total. The van der Waals surface area contributed by atoms with E-state index < -0.39 is 33.2 Å². The summed E-state index contributed by atoms with van der Waals surface area (Å²) in [7, 11) is -1.50. The molecule has 0 spiro atoms. The van der Waals surface area contributed by atoms with Gasteiger partial charge in [0, 0.05) is 19.0 Å². The van der Waals surface area contributed by atoms with Gasteiger partial charge in [-0.25, -0.2) is 18.4 Å². The summed E-state index contributed by atoms with van der Waals surface area (Å²) in [4.78, 5) is 20.5. The Morgan fingerprint density at radius 1 is 1.19 bits per heavy atom. The minimum absolute atomic E-state index is 0.0599. The van der Waals surface area contributed by atoms with Crippen molar-refractivity contribution in [2.24, 2.45) is 10.3 Å². The van der Waals surface area contributed by atoms with E-state index in [-0.39, 0.29) is 24.1 Å². The third-order valence-corrected chi connectivity index (χ3v) is 7.11. The summed E-state index contributed by atoms with van der Waals surface area (Å²) in [6.07, 6.45) is 1.93. The first kappa shape index (κ1) is 27.1. The molecule has 1 aliphatic heterocycles. The van der Waals surface area contributed by atoms with Crippen LogP contribution in [-0.2, 0) is 19.6 Å². The number of benzene rings is 1. The van der Waals surface area contributed by atoms with Crippen molar-refractivity contribution < 1.29 is 32.5 Å². The highest BCUT2D eigenvalue weighted by Crippen LogP contribution is 2.34. The van der Waals surface area contributed by atoms with Crippen LogP contribution in [0.5, 0.6) is 11.5 Å². The molecule has 3 rings (SSSR count). The second-order valence-electron chi connectivity index (χ2n) is 8.06. The van der Waals surface area contributed by atoms with Crippen molar-refractivity contribution >= 4 is 27.6 Å². The minimum Gasteiger partial charge on any atom is -0.494 e. The van der Waals surface area contributed by atoms with Gasteiger partial charge in [0.1, 0.15) is 28.5 Å². The lowest BCUT2D eigenvalue weighted by molar-refractivity contribution is -0.125. The zero-order valence-corrected chi connectivity index (χ0v) is 21.2. The molecule has 4 N–H and O–H groups in total. The van der Waals surface area contributed by atoms with E-state index in [1.165, 1.54) is 33.5 Å². The molecule has 0 bridgehead atoms. The molecule has 1 saturated heterocycles. The lowest BCUT2D eigenvalue weighted by Crippen LogP contribution is -2.48. The van der Waals surface area contributed by atoms with Crippen LogP contribution < -0.4 is 25.6 Å². The van der Waals surface area contributed by atoms with Gasteiger partial charge in [-0.15, -0.1) is 4.40 Å². The lowest BCUT2D eigenvalue weighted by atomic mass is 10.1. The Balaban J connectivity index is 1.91. The Morgan fingerprint density at radius 3 is 2.39 bits per heavy atom. The number of hydrogen-bond donors (Lipinski definition) is 4. The molecule has 1 aromatic heterocycles. The van der Waals surface area contributed by atoms with E-state index in [1.54, 1.807) is 25.1 Å². The molecule has 0 aliphatic carbocycles. The number of ether oxygens (including phenoxy) is 3. The molecular formula is C22H30N6O7S. The number of carbonyl (C=O) groups is 1. The van der Waals surface area contributed by atoms with Crippen molar-refractivity contribution in [2.75, 3.05) is 32.8 Å². The molecule has 1 aliphatic rings. The summed E-state index contributed by atoms with van der Waals surface area (Å²) in [5.41, 5.74) is 5.99. The molecule has 196 valence electrons. The van der Waals surface area contributed by atoms with E-state index in [2.05, 4.69) is 30.5 Å². The van der Waals surface area contributed by atoms with E-state index in [9.17, 15) is 18.3 Å². The van der Waals surface area contributed by atoms with Crippen molar-refractivity contribution in [1.82, 2.24) is 20.8 Å². The van der Waals surface area contributed by atoms with Crippen molar-refractivity contribution in [3.8, 4) is 11.5 Å². The van der Waals surface area contributed by atoms with Crippen LogP contribution in [0.25, 0.3) is 0 Å². The number of nitrogens with one attached hydrogen (secondary N) is 3. The number of aliphatic hydroxyl groups is 1. The summed E-state index contributed by atoms with van der Waals surface area (Å²) >= 11 is 0.